The highest BCUT2D eigenvalue weighted by Crippen LogP contribution is 2.42. The van der Waals surface area contributed by atoms with Crippen molar-refractivity contribution in [3.8, 4) is 11.1 Å². The maximum atomic E-state index is 16.8. The number of hydrogen-bond donors (Lipinski definition) is 1. The summed E-state index contributed by atoms with van der Waals surface area (Å²) in [7, 11) is 3.42. The van der Waals surface area contributed by atoms with Crippen molar-refractivity contribution in [2.45, 2.75) is 76.3 Å². The van der Waals surface area contributed by atoms with Gasteiger partial charge in [0, 0.05) is 93.6 Å². The van der Waals surface area contributed by atoms with Gasteiger partial charge in [0.15, 0.2) is 0 Å². The predicted molar refractivity (Wildman–Crippen MR) is 228 cm³/mol. The van der Waals surface area contributed by atoms with Gasteiger partial charge in [-0.3, -0.25) is 29.2 Å². The molecule has 3 fully saturated rings. The van der Waals surface area contributed by atoms with E-state index in [0.717, 1.165) is 47.1 Å². The number of benzene rings is 3. The number of aromatic nitrogens is 4. The second-order valence-corrected chi connectivity index (χ2v) is 17.2. The molecule has 2 aromatic heterocycles. The van der Waals surface area contributed by atoms with Crippen LogP contribution in [0.25, 0.3) is 27.6 Å². The van der Waals surface area contributed by atoms with Crippen LogP contribution >= 0.6 is 0 Å². The van der Waals surface area contributed by atoms with Crippen molar-refractivity contribution in [3.63, 3.8) is 0 Å². The zero-order chi connectivity index (χ0) is 42.4. The molecular formula is C47H50F2N8O4. The molecular weight excluding hydrogens is 779 g/mol. The van der Waals surface area contributed by atoms with E-state index in [4.69, 9.17) is 0 Å². The van der Waals surface area contributed by atoms with E-state index >= 15 is 8.78 Å². The van der Waals surface area contributed by atoms with Gasteiger partial charge in [-0.2, -0.15) is 0 Å². The first-order chi connectivity index (χ1) is 29.5. The summed E-state index contributed by atoms with van der Waals surface area (Å²) in [4.78, 5) is 56.4. The Labute approximate surface area is 353 Å². The van der Waals surface area contributed by atoms with E-state index < -0.39 is 17.6 Å². The fourth-order valence-electron chi connectivity index (χ4n) is 9.34. The van der Waals surface area contributed by atoms with E-state index in [1.54, 1.807) is 49.4 Å². The van der Waals surface area contributed by atoms with Gasteiger partial charge in [-0.05, 0) is 103 Å². The van der Waals surface area contributed by atoms with Crippen LogP contribution in [-0.4, -0.2) is 93.3 Å². The third-order valence-electron chi connectivity index (χ3n) is 12.8. The molecule has 14 heteroatoms. The number of carbonyl (C=O) groups excluding carboxylic acids is 4. The average molecular weight is 829 g/mol. The normalized spacial score (nSPS) is 18.7. The number of rotatable bonds is 11. The number of anilines is 1. The smallest absolute Gasteiger partial charge is 0.253 e. The monoisotopic (exact) mass is 828 g/mol. The summed E-state index contributed by atoms with van der Waals surface area (Å²) < 4.78 is 36.2. The fourth-order valence-corrected chi connectivity index (χ4v) is 9.34. The van der Waals surface area contributed by atoms with Crippen LogP contribution in [0, 0.1) is 17.6 Å². The first-order valence-electron chi connectivity index (χ1n) is 21.4. The Hall–Kier alpha value is -6.18. The van der Waals surface area contributed by atoms with Crippen LogP contribution in [0.2, 0.25) is 0 Å². The minimum Gasteiger partial charge on any atom is -0.369 e. The molecule has 9 rings (SSSR count). The van der Waals surface area contributed by atoms with Gasteiger partial charge in [0.25, 0.3) is 5.91 Å². The van der Waals surface area contributed by atoms with Gasteiger partial charge in [-0.1, -0.05) is 29.5 Å². The van der Waals surface area contributed by atoms with Gasteiger partial charge in [0.1, 0.15) is 11.6 Å². The van der Waals surface area contributed by atoms with Crippen molar-refractivity contribution in [2.75, 3.05) is 45.2 Å². The molecule has 1 unspecified atom stereocenters. The Morgan fingerprint density at radius 1 is 0.885 bits per heavy atom. The molecule has 316 valence electrons. The fraction of sp³-hybridized carbons (Fsp3) is 0.404. The second kappa shape index (κ2) is 16.7. The molecule has 0 bridgehead atoms. The van der Waals surface area contributed by atoms with Crippen LogP contribution in [-0.2, 0) is 27.5 Å². The maximum absolute atomic E-state index is 16.8. The minimum atomic E-state index is -0.554. The molecule has 3 aromatic carbocycles. The highest BCUT2D eigenvalue weighted by atomic mass is 19.1. The molecule has 1 atom stereocenters. The number of nitrogens with one attached hydrogen (secondary N) is 1. The molecule has 4 aliphatic rings. The largest absolute Gasteiger partial charge is 0.369 e. The first kappa shape index (κ1) is 40.2. The lowest BCUT2D eigenvalue weighted by molar-refractivity contribution is -0.134. The number of halogens is 2. The Bertz CT molecular complexity index is 2550. The Kier molecular flexibility index (Phi) is 11.0. The lowest BCUT2D eigenvalue weighted by Crippen LogP contribution is -2.39. The van der Waals surface area contributed by atoms with Crippen molar-refractivity contribution < 1.29 is 28.0 Å². The lowest BCUT2D eigenvalue weighted by Gasteiger charge is -2.34. The highest BCUT2D eigenvalue weighted by molar-refractivity contribution is 6.05. The highest BCUT2D eigenvalue weighted by Gasteiger charge is 2.31. The summed E-state index contributed by atoms with van der Waals surface area (Å²) >= 11 is 0. The number of hydrogen-bond acceptors (Lipinski definition) is 7. The zero-order valence-corrected chi connectivity index (χ0v) is 34.6. The van der Waals surface area contributed by atoms with Crippen LogP contribution in [0.4, 0.5) is 14.5 Å². The Morgan fingerprint density at radius 2 is 1.67 bits per heavy atom. The summed E-state index contributed by atoms with van der Waals surface area (Å²) in [5, 5.41) is 11.0. The van der Waals surface area contributed by atoms with Crippen LogP contribution in [0.3, 0.4) is 0 Å². The topological polar surface area (TPSA) is 126 Å². The standard InChI is InChI=1S/C47H50F2N8O4/c1-53(2)47(61)35-22-34-26-42(33-4-3-17-55(28-33)44(59)15-20-56-21-16-50-52-56)57(27-29-5-6-29)45(34)38(23-35)37-9-7-31(24-39(37)48)30-13-18-54(19-14-30)41-11-8-32(25-40(41)49)36-10-12-43(58)51-46(36)60/h4,7-9,11,16,21-26,29-30,36H,3,5-6,10,12-15,17-20,27-28H2,1-2H3,(H,51,58,60). The molecule has 4 amide bonds. The molecule has 12 nitrogen and oxygen atoms in total. The SMILES string of the molecule is CN(C)C(=O)c1cc(-c2ccc(C3CCN(c4ccc(C5CCC(=O)NC5=O)cc4F)CC3)cc2F)c2c(c1)cc(C1=CCCN(C(=O)CCn3ccnn3)C1)n2CC1CC1. The number of aryl methyl sites for hydroxylation is 1. The lowest BCUT2D eigenvalue weighted by atomic mass is 9.87. The summed E-state index contributed by atoms with van der Waals surface area (Å²) in [6.45, 7) is 3.45. The zero-order valence-electron chi connectivity index (χ0n) is 34.6. The van der Waals surface area contributed by atoms with Crippen molar-refractivity contribution in [2.24, 2.45) is 5.92 Å². The number of carbonyl (C=O) groups is 4. The van der Waals surface area contributed by atoms with Gasteiger partial charge in [-0.15, -0.1) is 5.10 Å². The predicted octanol–water partition coefficient (Wildman–Crippen LogP) is 6.90. The summed E-state index contributed by atoms with van der Waals surface area (Å²) in [6.07, 6.45) is 10.8. The van der Waals surface area contributed by atoms with Crippen molar-refractivity contribution >= 4 is 45.8 Å². The van der Waals surface area contributed by atoms with Crippen LogP contribution in [0.1, 0.15) is 90.4 Å². The molecule has 0 spiro atoms. The average Bonchev–Trinajstić information content (AvgIpc) is 3.78. The number of amides is 4. The third-order valence-corrected chi connectivity index (χ3v) is 12.8. The van der Waals surface area contributed by atoms with Crippen molar-refractivity contribution in [1.29, 1.82) is 0 Å². The van der Waals surface area contributed by atoms with E-state index in [9.17, 15) is 19.2 Å². The molecule has 61 heavy (non-hydrogen) atoms. The van der Waals surface area contributed by atoms with E-state index in [-0.39, 0.29) is 35.9 Å². The number of fused-ring (bicyclic) bond motifs is 1. The van der Waals surface area contributed by atoms with Crippen LogP contribution in [0.15, 0.2) is 73.1 Å². The van der Waals surface area contributed by atoms with Gasteiger partial charge >= 0.3 is 0 Å². The van der Waals surface area contributed by atoms with Gasteiger partial charge < -0.3 is 19.3 Å². The quantitative estimate of drug-likeness (QED) is 0.144. The maximum Gasteiger partial charge on any atom is 0.253 e. The van der Waals surface area contributed by atoms with E-state index in [2.05, 4.69) is 32.3 Å². The molecule has 1 saturated carbocycles. The summed E-state index contributed by atoms with van der Waals surface area (Å²) in [6, 6.07) is 16.2. The van der Waals surface area contributed by atoms with E-state index in [1.807, 2.05) is 34.1 Å². The van der Waals surface area contributed by atoms with Crippen LogP contribution in [0.5, 0.6) is 0 Å². The van der Waals surface area contributed by atoms with Gasteiger partial charge in [0.2, 0.25) is 17.7 Å². The minimum absolute atomic E-state index is 0.0474. The van der Waals surface area contributed by atoms with E-state index in [1.165, 1.54) is 11.0 Å². The molecule has 5 aromatic rings. The summed E-state index contributed by atoms with van der Waals surface area (Å²) in [5.41, 5.74) is 6.34. The number of nitrogens with zero attached hydrogens (tertiary/aromatic N) is 7. The third kappa shape index (κ3) is 8.32. The molecule has 0 radical (unpaired) electrons. The summed E-state index contributed by atoms with van der Waals surface area (Å²) in [5.74, 6) is -1.60. The molecule has 5 heterocycles. The Balaban J connectivity index is 0.980. The van der Waals surface area contributed by atoms with Crippen molar-refractivity contribution in [1.82, 2.24) is 34.7 Å². The Morgan fingerprint density at radius 3 is 2.38 bits per heavy atom. The van der Waals surface area contributed by atoms with Crippen LogP contribution < -0.4 is 10.2 Å². The number of piperidine rings is 2. The molecule has 3 aliphatic heterocycles. The van der Waals surface area contributed by atoms with Crippen molar-refractivity contribution in [3.05, 3.63) is 107 Å². The number of imide groups is 1. The molecule has 1 N–H and O–H groups in total. The van der Waals surface area contributed by atoms with Gasteiger partial charge in [0.05, 0.1) is 29.9 Å². The molecule has 1 aliphatic carbocycles. The molecule has 2 saturated heterocycles. The van der Waals surface area contributed by atoms with Gasteiger partial charge in [-0.25, -0.2) is 8.78 Å². The first-order valence-corrected chi connectivity index (χ1v) is 21.4. The van der Waals surface area contributed by atoms with E-state index in [0.29, 0.717) is 98.7 Å². The second-order valence-electron chi connectivity index (χ2n) is 17.2.